The van der Waals surface area contributed by atoms with Gasteiger partial charge in [0.05, 0.1) is 5.02 Å². The van der Waals surface area contributed by atoms with E-state index in [0.717, 1.165) is 23.8 Å². The Balaban J connectivity index is 1.41. The molecule has 0 bridgehead atoms. The van der Waals surface area contributed by atoms with Crippen LogP contribution in [0.1, 0.15) is 30.4 Å². The smallest absolute Gasteiger partial charge is 0.336 e. The summed E-state index contributed by atoms with van der Waals surface area (Å²) in [5, 5.41) is 4.09. The minimum absolute atomic E-state index is 0.0123. The molecule has 4 rings (SSSR count). The molecule has 1 N–H and O–H groups in total. The van der Waals surface area contributed by atoms with Crippen LogP contribution < -0.4 is 15.7 Å². The Bertz CT molecular complexity index is 1100. The maximum absolute atomic E-state index is 12.4. The Kier molecular flexibility index (Phi) is 5.33. The monoisotopic (exact) mass is 411 g/mol. The zero-order valence-corrected chi connectivity index (χ0v) is 16.9. The van der Waals surface area contributed by atoms with E-state index in [-0.39, 0.29) is 17.9 Å². The molecule has 3 aromatic rings. The second-order valence-corrected chi connectivity index (χ2v) is 8.00. The summed E-state index contributed by atoms with van der Waals surface area (Å²) in [7, 11) is 0. The molecular formula is C23H22ClNO4. The highest BCUT2D eigenvalue weighted by atomic mass is 35.5. The Hall–Kier alpha value is -2.79. The highest BCUT2D eigenvalue weighted by Gasteiger charge is 2.38. The van der Waals surface area contributed by atoms with Gasteiger partial charge in [0, 0.05) is 29.5 Å². The van der Waals surface area contributed by atoms with Gasteiger partial charge in [0.15, 0.2) is 6.61 Å². The van der Waals surface area contributed by atoms with Crippen molar-refractivity contribution in [3.63, 3.8) is 0 Å². The van der Waals surface area contributed by atoms with Crippen molar-refractivity contribution in [3.05, 3.63) is 75.1 Å². The molecule has 0 aliphatic heterocycles. The molecule has 2 aromatic carbocycles. The number of halogens is 1. The maximum Gasteiger partial charge on any atom is 0.336 e. The van der Waals surface area contributed by atoms with Gasteiger partial charge in [-0.2, -0.15) is 0 Å². The van der Waals surface area contributed by atoms with Crippen molar-refractivity contribution < 1.29 is 13.9 Å². The average Bonchev–Trinajstić information content (AvgIpc) is 2.67. The van der Waals surface area contributed by atoms with Crippen LogP contribution in [0.25, 0.3) is 11.0 Å². The first-order valence-electron chi connectivity index (χ1n) is 9.66. The Morgan fingerprint density at radius 1 is 1.21 bits per heavy atom. The van der Waals surface area contributed by atoms with Gasteiger partial charge in [0.1, 0.15) is 11.3 Å². The first-order chi connectivity index (χ1) is 14.0. The van der Waals surface area contributed by atoms with Crippen molar-refractivity contribution >= 4 is 28.5 Å². The first-order valence-corrected chi connectivity index (χ1v) is 10.0. The van der Waals surface area contributed by atoms with E-state index in [9.17, 15) is 9.59 Å². The Morgan fingerprint density at radius 2 is 1.97 bits per heavy atom. The van der Waals surface area contributed by atoms with E-state index in [1.807, 2.05) is 25.1 Å². The summed E-state index contributed by atoms with van der Waals surface area (Å²) in [4.78, 5) is 24.0. The zero-order valence-electron chi connectivity index (χ0n) is 16.2. The number of ether oxygens (including phenoxy) is 1. The number of carbonyl (C=O) groups excluding carboxylic acids is 1. The van der Waals surface area contributed by atoms with Crippen molar-refractivity contribution in [2.75, 3.05) is 13.2 Å². The van der Waals surface area contributed by atoms with Gasteiger partial charge in [-0.05, 0) is 37.0 Å². The molecule has 1 aliphatic rings. The number of fused-ring (bicyclic) bond motifs is 1. The lowest BCUT2D eigenvalue weighted by atomic mass is 9.64. The standard InChI is InChI=1S/C23H22ClNO4/c1-15-10-22(27)29-19-12-20(18(24)11-17(15)19)28-13-21(26)25-14-23(8-5-9-23)16-6-3-2-4-7-16/h2-4,6-7,10-12H,5,8-9,13-14H2,1H3,(H,25,26). The number of hydrogen-bond donors (Lipinski definition) is 1. The molecule has 0 atom stereocenters. The molecule has 1 aromatic heterocycles. The molecule has 0 unspecified atom stereocenters. The number of benzene rings is 2. The summed E-state index contributed by atoms with van der Waals surface area (Å²) in [6.07, 6.45) is 3.29. The van der Waals surface area contributed by atoms with E-state index in [0.29, 0.717) is 22.9 Å². The number of nitrogens with one attached hydrogen (secondary N) is 1. The Morgan fingerprint density at radius 3 is 2.66 bits per heavy atom. The van der Waals surface area contributed by atoms with Gasteiger partial charge in [-0.25, -0.2) is 4.79 Å². The van der Waals surface area contributed by atoms with Crippen LogP contribution in [0.5, 0.6) is 5.75 Å². The Labute approximate surface area is 173 Å². The quantitative estimate of drug-likeness (QED) is 0.611. The van der Waals surface area contributed by atoms with Gasteiger partial charge in [0.25, 0.3) is 5.91 Å². The molecule has 6 heteroatoms. The lowest BCUT2D eigenvalue weighted by Gasteiger charge is -2.42. The van der Waals surface area contributed by atoms with Gasteiger partial charge in [-0.3, -0.25) is 4.79 Å². The van der Waals surface area contributed by atoms with E-state index in [1.165, 1.54) is 18.1 Å². The third-order valence-electron chi connectivity index (χ3n) is 5.68. The molecule has 1 amide bonds. The van der Waals surface area contributed by atoms with Crippen LogP contribution in [0.15, 0.2) is 57.7 Å². The molecule has 1 fully saturated rings. The van der Waals surface area contributed by atoms with Crippen LogP contribution in [-0.4, -0.2) is 19.1 Å². The van der Waals surface area contributed by atoms with Crippen molar-refractivity contribution in [1.29, 1.82) is 0 Å². The molecule has 5 nitrogen and oxygen atoms in total. The summed E-state index contributed by atoms with van der Waals surface area (Å²) >= 11 is 6.28. The molecule has 29 heavy (non-hydrogen) atoms. The third kappa shape index (κ3) is 4.01. The number of carbonyl (C=O) groups is 1. The van der Waals surface area contributed by atoms with Gasteiger partial charge >= 0.3 is 5.63 Å². The summed E-state index contributed by atoms with van der Waals surface area (Å²) in [6.45, 7) is 2.23. The molecule has 0 radical (unpaired) electrons. The molecular weight excluding hydrogens is 390 g/mol. The van der Waals surface area contributed by atoms with Crippen LogP contribution >= 0.6 is 11.6 Å². The van der Waals surface area contributed by atoms with E-state index in [2.05, 4.69) is 17.4 Å². The largest absolute Gasteiger partial charge is 0.482 e. The average molecular weight is 412 g/mol. The fraction of sp³-hybridized carbons (Fsp3) is 0.304. The third-order valence-corrected chi connectivity index (χ3v) is 5.98. The van der Waals surface area contributed by atoms with Gasteiger partial charge < -0.3 is 14.5 Å². The predicted octanol–water partition coefficient (Wildman–Crippen LogP) is 4.37. The number of hydrogen-bond acceptors (Lipinski definition) is 4. The van der Waals surface area contributed by atoms with E-state index in [1.54, 1.807) is 12.1 Å². The second-order valence-electron chi connectivity index (χ2n) is 7.59. The summed E-state index contributed by atoms with van der Waals surface area (Å²) < 4.78 is 10.8. The zero-order chi connectivity index (χ0) is 20.4. The minimum atomic E-state index is -0.437. The second kappa shape index (κ2) is 7.91. The summed E-state index contributed by atoms with van der Waals surface area (Å²) in [6, 6.07) is 14.9. The normalized spacial score (nSPS) is 15.0. The fourth-order valence-corrected chi connectivity index (χ4v) is 4.07. The minimum Gasteiger partial charge on any atom is -0.482 e. The molecule has 1 aliphatic carbocycles. The molecule has 1 saturated carbocycles. The van der Waals surface area contributed by atoms with Crippen molar-refractivity contribution in [2.45, 2.75) is 31.6 Å². The highest BCUT2D eigenvalue weighted by molar-refractivity contribution is 6.32. The molecule has 150 valence electrons. The highest BCUT2D eigenvalue weighted by Crippen LogP contribution is 2.43. The summed E-state index contributed by atoms with van der Waals surface area (Å²) in [5.41, 5.74) is 1.99. The maximum atomic E-state index is 12.4. The number of aryl methyl sites for hydroxylation is 1. The van der Waals surface area contributed by atoms with E-state index in [4.69, 9.17) is 20.8 Å². The lowest BCUT2D eigenvalue weighted by Crippen LogP contribution is -2.46. The van der Waals surface area contributed by atoms with E-state index >= 15 is 0 Å². The van der Waals surface area contributed by atoms with Crippen molar-refractivity contribution in [3.8, 4) is 5.75 Å². The molecule has 0 spiro atoms. The van der Waals surface area contributed by atoms with Crippen LogP contribution in [0.3, 0.4) is 0 Å². The topological polar surface area (TPSA) is 68.5 Å². The SMILES string of the molecule is Cc1cc(=O)oc2cc(OCC(=O)NCC3(c4ccccc4)CCC3)c(Cl)cc12. The lowest BCUT2D eigenvalue weighted by molar-refractivity contribution is -0.123. The number of amides is 1. The van der Waals surface area contributed by atoms with Crippen LogP contribution in [0.4, 0.5) is 0 Å². The number of rotatable bonds is 6. The molecule has 0 saturated heterocycles. The summed E-state index contributed by atoms with van der Waals surface area (Å²) in [5.74, 6) is 0.0959. The van der Waals surface area contributed by atoms with Crippen LogP contribution in [0.2, 0.25) is 5.02 Å². The van der Waals surface area contributed by atoms with Gasteiger partial charge in [-0.1, -0.05) is 48.4 Å². The van der Waals surface area contributed by atoms with Crippen LogP contribution in [-0.2, 0) is 10.2 Å². The van der Waals surface area contributed by atoms with Gasteiger partial charge in [-0.15, -0.1) is 0 Å². The van der Waals surface area contributed by atoms with E-state index < -0.39 is 5.63 Å². The van der Waals surface area contributed by atoms with Crippen molar-refractivity contribution in [2.24, 2.45) is 0 Å². The van der Waals surface area contributed by atoms with Crippen LogP contribution in [0, 0.1) is 6.92 Å². The van der Waals surface area contributed by atoms with Crippen molar-refractivity contribution in [1.82, 2.24) is 5.32 Å². The molecule has 1 heterocycles. The predicted molar refractivity (Wildman–Crippen MR) is 113 cm³/mol. The first kappa shape index (κ1) is 19.5. The van der Waals surface area contributed by atoms with Gasteiger partial charge in [0.2, 0.25) is 0 Å². The fourth-order valence-electron chi connectivity index (χ4n) is 3.86.